The van der Waals surface area contributed by atoms with Crippen molar-refractivity contribution < 1.29 is 4.79 Å². The largest absolute Gasteiger partial charge is 0.304 e. The number of hydrogen-bond acceptors (Lipinski definition) is 3. The van der Waals surface area contributed by atoms with Crippen LogP contribution in [0.5, 0.6) is 0 Å². The molecule has 2 rings (SSSR count). The molecule has 1 saturated heterocycles. The van der Waals surface area contributed by atoms with Crippen molar-refractivity contribution in [2.24, 2.45) is 0 Å². The van der Waals surface area contributed by atoms with Gasteiger partial charge in [-0.25, -0.2) is 0 Å². The summed E-state index contributed by atoms with van der Waals surface area (Å²) in [5.41, 5.74) is 0.810. The van der Waals surface area contributed by atoms with E-state index in [0.717, 1.165) is 31.6 Å². The third-order valence-electron chi connectivity index (χ3n) is 3.84. The van der Waals surface area contributed by atoms with Crippen LogP contribution in [-0.4, -0.2) is 55.4 Å². The van der Waals surface area contributed by atoms with Gasteiger partial charge in [0.1, 0.15) is 0 Å². The highest BCUT2D eigenvalue weighted by molar-refractivity contribution is 6.42. The molecule has 1 aromatic rings. The summed E-state index contributed by atoms with van der Waals surface area (Å²) in [6.45, 7) is 2.75. The maximum absolute atomic E-state index is 12.6. The van der Waals surface area contributed by atoms with Crippen LogP contribution in [0.3, 0.4) is 0 Å². The van der Waals surface area contributed by atoms with Crippen LogP contribution in [0.2, 0.25) is 10.0 Å². The van der Waals surface area contributed by atoms with Crippen molar-refractivity contribution >= 4 is 29.0 Å². The van der Waals surface area contributed by atoms with E-state index in [1.54, 1.807) is 6.07 Å². The minimum absolute atomic E-state index is 0.0717. The van der Waals surface area contributed by atoms with E-state index in [-0.39, 0.29) is 11.8 Å². The predicted octanol–water partition coefficient (Wildman–Crippen LogP) is 2.74. The van der Waals surface area contributed by atoms with E-state index in [9.17, 15) is 4.79 Å². The van der Waals surface area contributed by atoms with Crippen LogP contribution < -0.4 is 0 Å². The van der Waals surface area contributed by atoms with Crippen LogP contribution in [0, 0.1) is 0 Å². The first-order valence-corrected chi connectivity index (χ1v) is 7.59. The lowest BCUT2D eigenvalue weighted by Gasteiger charge is -2.26. The Morgan fingerprint density at radius 2 is 2.05 bits per heavy atom. The maximum Gasteiger partial charge on any atom is 0.155 e. The van der Waals surface area contributed by atoms with E-state index in [2.05, 4.69) is 16.8 Å². The summed E-state index contributed by atoms with van der Waals surface area (Å²) in [5, 5.41) is 0.996. The van der Waals surface area contributed by atoms with Crippen molar-refractivity contribution in [3.8, 4) is 0 Å². The van der Waals surface area contributed by atoms with Gasteiger partial charge in [0.15, 0.2) is 5.78 Å². The molecule has 1 aromatic carbocycles. The third kappa shape index (κ3) is 3.73. The molecule has 1 aliphatic rings. The molecule has 0 aromatic heterocycles. The third-order valence-corrected chi connectivity index (χ3v) is 4.69. The molecule has 0 saturated carbocycles. The zero-order valence-corrected chi connectivity index (χ0v) is 13.4. The van der Waals surface area contributed by atoms with Crippen molar-refractivity contribution in [2.75, 3.05) is 33.7 Å². The lowest BCUT2D eigenvalue weighted by Crippen LogP contribution is -2.44. The van der Waals surface area contributed by atoms with Crippen molar-refractivity contribution in [1.82, 2.24) is 9.80 Å². The molecule has 1 unspecified atom stereocenters. The predicted molar refractivity (Wildman–Crippen MR) is 83.7 cm³/mol. The lowest BCUT2D eigenvalue weighted by atomic mass is 10.0. The molecule has 0 N–H and O–H groups in total. The number of carbonyl (C=O) groups is 1. The summed E-state index contributed by atoms with van der Waals surface area (Å²) < 4.78 is 0. The lowest BCUT2D eigenvalue weighted by molar-refractivity contribution is -0.123. The number of hydrogen-bond donors (Lipinski definition) is 0. The summed E-state index contributed by atoms with van der Waals surface area (Å²) in [4.78, 5) is 16.9. The summed E-state index contributed by atoms with van der Waals surface area (Å²) in [7, 11) is 4.08. The summed E-state index contributed by atoms with van der Waals surface area (Å²) in [6.07, 6.45) is 1.43. The van der Waals surface area contributed by atoms with Gasteiger partial charge in [-0.2, -0.15) is 0 Å². The van der Waals surface area contributed by atoms with Gasteiger partial charge in [0.05, 0.1) is 16.1 Å². The summed E-state index contributed by atoms with van der Waals surface area (Å²) in [6, 6.07) is 5.37. The highest BCUT2D eigenvalue weighted by atomic mass is 35.5. The number of halogens is 2. The number of benzene rings is 1. The SMILES string of the molecule is CN1CCCN(C)C(C(=O)Cc2cccc(Cl)c2Cl)C1. The minimum Gasteiger partial charge on any atom is -0.304 e. The fourth-order valence-corrected chi connectivity index (χ4v) is 3.00. The van der Waals surface area contributed by atoms with Gasteiger partial charge < -0.3 is 4.90 Å². The van der Waals surface area contributed by atoms with Gasteiger partial charge >= 0.3 is 0 Å². The van der Waals surface area contributed by atoms with Crippen LogP contribution in [-0.2, 0) is 11.2 Å². The zero-order chi connectivity index (χ0) is 14.7. The second-order valence-corrected chi connectivity index (χ2v) is 6.25. The zero-order valence-electron chi connectivity index (χ0n) is 11.9. The van der Waals surface area contributed by atoms with Crippen LogP contribution in [0.15, 0.2) is 18.2 Å². The normalized spacial score (nSPS) is 21.7. The molecule has 1 aliphatic heterocycles. The Kier molecular flexibility index (Phi) is 5.44. The van der Waals surface area contributed by atoms with Crippen LogP contribution in [0.1, 0.15) is 12.0 Å². The van der Waals surface area contributed by atoms with Crippen molar-refractivity contribution in [3.63, 3.8) is 0 Å². The standard InChI is InChI=1S/C15H20Cl2N2O/c1-18-7-4-8-19(2)13(10-18)14(20)9-11-5-3-6-12(16)15(11)17/h3,5-6,13H,4,7-10H2,1-2H3. The van der Waals surface area contributed by atoms with Crippen molar-refractivity contribution in [2.45, 2.75) is 18.9 Å². The monoisotopic (exact) mass is 314 g/mol. The fraction of sp³-hybridized carbons (Fsp3) is 0.533. The molecule has 1 atom stereocenters. The first kappa shape index (κ1) is 15.8. The molecular formula is C15H20Cl2N2O. The molecule has 5 heteroatoms. The van der Waals surface area contributed by atoms with Gasteiger partial charge in [0.2, 0.25) is 0 Å². The molecule has 0 aliphatic carbocycles. The Labute approximate surface area is 130 Å². The molecule has 0 bridgehead atoms. The van der Waals surface area contributed by atoms with E-state index in [4.69, 9.17) is 23.2 Å². The molecule has 1 heterocycles. The van der Waals surface area contributed by atoms with E-state index in [0.29, 0.717) is 16.5 Å². The molecule has 0 spiro atoms. The summed E-state index contributed by atoms with van der Waals surface area (Å²) >= 11 is 12.2. The van der Waals surface area contributed by atoms with Gasteiger partial charge in [-0.15, -0.1) is 0 Å². The van der Waals surface area contributed by atoms with Crippen molar-refractivity contribution in [3.05, 3.63) is 33.8 Å². The second kappa shape index (κ2) is 6.90. The van der Waals surface area contributed by atoms with E-state index in [1.807, 2.05) is 19.2 Å². The van der Waals surface area contributed by atoms with Gasteiger partial charge in [0.25, 0.3) is 0 Å². The first-order valence-electron chi connectivity index (χ1n) is 6.83. The first-order chi connectivity index (χ1) is 9.49. The van der Waals surface area contributed by atoms with Crippen LogP contribution in [0.25, 0.3) is 0 Å². The Morgan fingerprint density at radius 3 is 2.80 bits per heavy atom. The molecule has 0 radical (unpaired) electrons. The Balaban J connectivity index is 2.12. The highest BCUT2D eigenvalue weighted by Gasteiger charge is 2.27. The highest BCUT2D eigenvalue weighted by Crippen LogP contribution is 2.26. The smallest absolute Gasteiger partial charge is 0.155 e. The van der Waals surface area contributed by atoms with E-state index in [1.165, 1.54) is 0 Å². The van der Waals surface area contributed by atoms with Crippen molar-refractivity contribution in [1.29, 1.82) is 0 Å². The van der Waals surface area contributed by atoms with Crippen LogP contribution >= 0.6 is 23.2 Å². The number of ketones is 1. The van der Waals surface area contributed by atoms with Gasteiger partial charge in [-0.1, -0.05) is 35.3 Å². The van der Waals surface area contributed by atoms with Gasteiger partial charge in [0, 0.05) is 13.0 Å². The number of Topliss-reactive ketones (excluding diaryl/α,β-unsaturated/α-hetero) is 1. The minimum atomic E-state index is -0.0717. The van der Waals surface area contributed by atoms with E-state index < -0.39 is 0 Å². The average Bonchev–Trinajstić information content (AvgIpc) is 2.57. The Morgan fingerprint density at radius 1 is 1.30 bits per heavy atom. The van der Waals surface area contributed by atoms with Gasteiger partial charge in [-0.3, -0.25) is 9.69 Å². The second-order valence-electron chi connectivity index (χ2n) is 5.47. The molecule has 0 amide bonds. The molecule has 1 fully saturated rings. The topological polar surface area (TPSA) is 23.6 Å². The molecule has 110 valence electrons. The Hall–Kier alpha value is -0.610. The van der Waals surface area contributed by atoms with E-state index >= 15 is 0 Å². The Bertz CT molecular complexity index is 493. The molecule has 3 nitrogen and oxygen atoms in total. The number of likely N-dealkylation sites (N-methyl/N-ethyl adjacent to an activating group) is 2. The van der Waals surface area contributed by atoms with Gasteiger partial charge in [-0.05, 0) is 45.2 Å². The summed E-state index contributed by atoms with van der Waals surface area (Å²) in [5.74, 6) is 0.199. The number of carbonyl (C=O) groups excluding carboxylic acids is 1. The van der Waals surface area contributed by atoms with Crippen LogP contribution in [0.4, 0.5) is 0 Å². The average molecular weight is 315 g/mol. The fourth-order valence-electron chi connectivity index (χ4n) is 2.61. The number of nitrogens with zero attached hydrogens (tertiary/aromatic N) is 2. The quantitative estimate of drug-likeness (QED) is 0.857. The maximum atomic E-state index is 12.6. The number of rotatable bonds is 3. The molecular weight excluding hydrogens is 295 g/mol. The molecule has 20 heavy (non-hydrogen) atoms.